The van der Waals surface area contributed by atoms with Crippen molar-refractivity contribution >= 4 is 40.0 Å². The molecule has 0 saturated carbocycles. The minimum atomic E-state index is -3.94. The Kier molecular flexibility index (Phi) is 6.25. The summed E-state index contributed by atoms with van der Waals surface area (Å²) in [5, 5.41) is 7.99. The summed E-state index contributed by atoms with van der Waals surface area (Å²) in [6, 6.07) is 10.3. The van der Waals surface area contributed by atoms with E-state index in [4.69, 9.17) is 0 Å². The Hall–Kier alpha value is -2.72. The van der Waals surface area contributed by atoms with Gasteiger partial charge < -0.3 is 4.90 Å². The fourth-order valence-corrected chi connectivity index (χ4v) is 3.70. The molecule has 0 atom stereocenters. The molecule has 1 heterocycles. The van der Waals surface area contributed by atoms with E-state index in [0.29, 0.717) is 11.6 Å². The van der Waals surface area contributed by atoms with Crippen LogP contribution in [0.4, 0.5) is 26.4 Å². The number of hydrogen-bond acceptors (Lipinski definition) is 5. The van der Waals surface area contributed by atoms with Crippen LogP contribution in [0.5, 0.6) is 0 Å². The fourth-order valence-electron chi connectivity index (χ4n) is 2.53. The first-order chi connectivity index (χ1) is 12.7. The van der Waals surface area contributed by atoms with Crippen LogP contribution >= 0.6 is 12.4 Å². The zero-order valence-corrected chi connectivity index (χ0v) is 16.9. The van der Waals surface area contributed by atoms with Gasteiger partial charge in [0.2, 0.25) is 11.9 Å². The molecule has 2 aromatic carbocycles. The Morgan fingerprint density at radius 3 is 1.86 bits per heavy atom. The van der Waals surface area contributed by atoms with E-state index in [0.717, 1.165) is 16.4 Å². The molecular formula is C17H18ClF2N5O2S. The number of anilines is 3. The summed E-state index contributed by atoms with van der Waals surface area (Å²) in [4.78, 5) is 1.58. The van der Waals surface area contributed by atoms with Crippen molar-refractivity contribution < 1.29 is 17.2 Å². The standard InChI is InChI=1S/C17H17F2N5O2S.ClH/c1-22(14-8-4-12(18)5-9-14)16-20-21-17(23(16)2)24(3)27(25,26)15-10-6-13(19)7-11-15;/h4-11H,1-3H3;1H. The van der Waals surface area contributed by atoms with Gasteiger partial charge in [0.05, 0.1) is 4.90 Å². The van der Waals surface area contributed by atoms with Gasteiger partial charge in [0, 0.05) is 26.8 Å². The maximum Gasteiger partial charge on any atom is 0.266 e. The van der Waals surface area contributed by atoms with Crippen molar-refractivity contribution in [2.45, 2.75) is 4.90 Å². The lowest BCUT2D eigenvalue weighted by molar-refractivity contribution is 0.591. The maximum absolute atomic E-state index is 13.1. The maximum atomic E-state index is 13.1. The van der Waals surface area contributed by atoms with E-state index >= 15 is 0 Å². The van der Waals surface area contributed by atoms with E-state index in [9.17, 15) is 17.2 Å². The Balaban J connectivity index is 0.00000280. The normalized spacial score (nSPS) is 11.0. The van der Waals surface area contributed by atoms with Gasteiger partial charge in [-0.25, -0.2) is 21.5 Å². The highest BCUT2D eigenvalue weighted by atomic mass is 35.5. The van der Waals surface area contributed by atoms with E-state index < -0.39 is 15.8 Å². The van der Waals surface area contributed by atoms with Crippen molar-refractivity contribution in [1.82, 2.24) is 14.8 Å². The molecule has 7 nitrogen and oxygen atoms in total. The smallest absolute Gasteiger partial charge is 0.266 e. The average Bonchev–Trinajstić information content (AvgIpc) is 3.02. The number of sulfonamides is 1. The summed E-state index contributed by atoms with van der Waals surface area (Å²) in [5.41, 5.74) is 0.655. The van der Waals surface area contributed by atoms with Crippen molar-refractivity contribution in [3.8, 4) is 0 Å². The first-order valence-corrected chi connectivity index (χ1v) is 9.29. The van der Waals surface area contributed by atoms with Gasteiger partial charge in [0.15, 0.2) is 0 Å². The van der Waals surface area contributed by atoms with E-state index in [2.05, 4.69) is 10.2 Å². The molecule has 0 spiro atoms. The Bertz CT molecular complexity index is 1060. The van der Waals surface area contributed by atoms with E-state index in [1.165, 1.54) is 35.9 Å². The number of halogens is 3. The molecule has 11 heteroatoms. The molecule has 1 aromatic heterocycles. The van der Waals surface area contributed by atoms with E-state index in [-0.39, 0.29) is 29.1 Å². The van der Waals surface area contributed by atoms with Crippen molar-refractivity contribution in [2.75, 3.05) is 23.3 Å². The summed E-state index contributed by atoms with van der Waals surface area (Å²) >= 11 is 0. The molecule has 0 radical (unpaired) electrons. The average molecular weight is 430 g/mol. The second-order valence-electron chi connectivity index (χ2n) is 5.82. The summed E-state index contributed by atoms with van der Waals surface area (Å²) in [6.45, 7) is 0. The quantitative estimate of drug-likeness (QED) is 0.623. The van der Waals surface area contributed by atoms with Gasteiger partial charge >= 0.3 is 0 Å². The summed E-state index contributed by atoms with van der Waals surface area (Å²) < 4.78 is 54.1. The Morgan fingerprint density at radius 2 is 1.32 bits per heavy atom. The number of rotatable bonds is 5. The first kappa shape index (κ1) is 21.6. The summed E-state index contributed by atoms with van der Waals surface area (Å²) in [7, 11) is 0.715. The SMILES string of the molecule is CN(c1ccc(F)cc1)c1nnc(N(C)S(=O)(=O)c2ccc(F)cc2)n1C.Cl. The van der Waals surface area contributed by atoms with Crippen LogP contribution in [0, 0.1) is 11.6 Å². The van der Waals surface area contributed by atoms with Gasteiger partial charge in [0.1, 0.15) is 11.6 Å². The minimum Gasteiger partial charge on any atom is -0.314 e. The van der Waals surface area contributed by atoms with Crippen LogP contribution in [-0.2, 0) is 17.1 Å². The van der Waals surface area contributed by atoms with Crippen LogP contribution in [0.3, 0.4) is 0 Å². The van der Waals surface area contributed by atoms with Crippen LogP contribution in [0.25, 0.3) is 0 Å². The summed E-state index contributed by atoms with van der Waals surface area (Å²) in [5.74, 6) is -0.463. The lowest BCUT2D eigenvalue weighted by atomic mass is 10.3. The van der Waals surface area contributed by atoms with Crippen molar-refractivity contribution in [2.24, 2.45) is 7.05 Å². The molecule has 3 rings (SSSR count). The van der Waals surface area contributed by atoms with E-state index in [1.807, 2.05) is 0 Å². The van der Waals surface area contributed by atoms with Crippen molar-refractivity contribution in [3.63, 3.8) is 0 Å². The second-order valence-corrected chi connectivity index (χ2v) is 7.79. The molecule has 3 aromatic rings. The number of nitrogens with zero attached hydrogens (tertiary/aromatic N) is 5. The molecule has 0 N–H and O–H groups in total. The molecule has 0 unspecified atom stereocenters. The van der Waals surface area contributed by atoms with Gasteiger partial charge in [-0.1, -0.05) is 0 Å². The molecule has 0 amide bonds. The topological polar surface area (TPSA) is 71.3 Å². The minimum absolute atomic E-state index is 0. The molecule has 0 aliphatic carbocycles. The molecule has 0 aliphatic heterocycles. The monoisotopic (exact) mass is 429 g/mol. The van der Waals surface area contributed by atoms with Crippen LogP contribution < -0.4 is 9.21 Å². The molecular weight excluding hydrogens is 412 g/mol. The van der Waals surface area contributed by atoms with Crippen LogP contribution in [0.2, 0.25) is 0 Å². The lowest BCUT2D eigenvalue weighted by Gasteiger charge is -2.21. The van der Waals surface area contributed by atoms with Gasteiger partial charge in [-0.3, -0.25) is 4.57 Å². The highest BCUT2D eigenvalue weighted by Gasteiger charge is 2.26. The zero-order chi connectivity index (χ0) is 19.8. The Morgan fingerprint density at radius 1 is 0.857 bits per heavy atom. The van der Waals surface area contributed by atoms with Crippen LogP contribution in [0.15, 0.2) is 53.4 Å². The molecule has 0 fully saturated rings. The predicted octanol–water partition coefficient (Wildman–Crippen LogP) is 3.11. The molecule has 0 bridgehead atoms. The van der Waals surface area contributed by atoms with Gasteiger partial charge in [0.25, 0.3) is 10.0 Å². The predicted molar refractivity (Wildman–Crippen MR) is 105 cm³/mol. The zero-order valence-electron chi connectivity index (χ0n) is 15.2. The third-order valence-electron chi connectivity index (χ3n) is 4.10. The summed E-state index contributed by atoms with van der Waals surface area (Å²) in [6.07, 6.45) is 0. The lowest BCUT2D eigenvalue weighted by Crippen LogP contribution is -2.29. The largest absolute Gasteiger partial charge is 0.314 e. The highest BCUT2D eigenvalue weighted by Crippen LogP contribution is 2.26. The van der Waals surface area contributed by atoms with Gasteiger partial charge in [-0.15, -0.1) is 22.6 Å². The highest BCUT2D eigenvalue weighted by molar-refractivity contribution is 7.92. The van der Waals surface area contributed by atoms with Crippen LogP contribution in [-0.4, -0.2) is 37.3 Å². The first-order valence-electron chi connectivity index (χ1n) is 7.85. The third-order valence-corrected chi connectivity index (χ3v) is 5.85. The van der Waals surface area contributed by atoms with E-state index in [1.54, 1.807) is 31.1 Å². The van der Waals surface area contributed by atoms with Gasteiger partial charge in [-0.05, 0) is 48.5 Å². The number of aromatic nitrogens is 3. The number of hydrogen-bond donors (Lipinski definition) is 0. The van der Waals surface area contributed by atoms with Gasteiger partial charge in [-0.2, -0.15) is 0 Å². The third kappa shape index (κ3) is 3.92. The number of benzene rings is 2. The fraction of sp³-hybridized carbons (Fsp3) is 0.176. The molecule has 150 valence electrons. The second kappa shape index (κ2) is 8.11. The molecule has 0 aliphatic rings. The van der Waals surface area contributed by atoms with Crippen molar-refractivity contribution in [1.29, 1.82) is 0 Å². The van der Waals surface area contributed by atoms with Crippen LogP contribution in [0.1, 0.15) is 0 Å². The molecule has 0 saturated heterocycles. The Labute approximate surface area is 167 Å². The molecule has 28 heavy (non-hydrogen) atoms. The van der Waals surface area contributed by atoms with Crippen molar-refractivity contribution in [3.05, 3.63) is 60.2 Å².